The van der Waals surface area contributed by atoms with E-state index in [4.69, 9.17) is 10.3 Å². The molecule has 3 N–H and O–H groups in total. The number of rotatable bonds is 4. The van der Waals surface area contributed by atoms with Crippen molar-refractivity contribution in [2.75, 3.05) is 6.54 Å². The van der Waals surface area contributed by atoms with Gasteiger partial charge >= 0.3 is 5.91 Å². The molecule has 19 heavy (non-hydrogen) atoms. The molecule has 0 bridgehead atoms. The third-order valence-electron chi connectivity index (χ3n) is 3.85. The highest BCUT2D eigenvalue weighted by Gasteiger charge is 2.28. The van der Waals surface area contributed by atoms with Crippen LogP contribution in [0.25, 0.3) is 0 Å². The highest BCUT2D eigenvalue weighted by Crippen LogP contribution is 2.26. The summed E-state index contributed by atoms with van der Waals surface area (Å²) in [5.41, 5.74) is 2.94. The van der Waals surface area contributed by atoms with E-state index in [1.165, 1.54) is 12.8 Å². The van der Waals surface area contributed by atoms with Crippen molar-refractivity contribution in [3.8, 4) is 0 Å². The van der Waals surface area contributed by atoms with E-state index in [9.17, 15) is 4.79 Å². The molecule has 1 aliphatic rings. The predicted octanol–water partition coefficient (Wildman–Crippen LogP) is 1.81. The molecule has 2 rings (SSSR count). The van der Waals surface area contributed by atoms with Crippen LogP contribution in [0.2, 0.25) is 0 Å². The van der Waals surface area contributed by atoms with Crippen LogP contribution < -0.4 is 11.3 Å². The summed E-state index contributed by atoms with van der Waals surface area (Å²) in [6.45, 7) is 8.23. The summed E-state index contributed by atoms with van der Waals surface area (Å²) in [7, 11) is 0. The summed E-state index contributed by atoms with van der Waals surface area (Å²) in [6, 6.07) is 2.54. The van der Waals surface area contributed by atoms with Crippen molar-refractivity contribution in [3.63, 3.8) is 0 Å². The van der Waals surface area contributed by atoms with Crippen LogP contribution in [0.1, 0.15) is 48.6 Å². The average molecular weight is 265 g/mol. The second-order valence-corrected chi connectivity index (χ2v) is 5.62. The van der Waals surface area contributed by atoms with Gasteiger partial charge in [-0.05, 0) is 38.3 Å². The Kier molecular flexibility index (Phi) is 4.27. The fourth-order valence-electron chi connectivity index (χ4n) is 2.92. The molecule has 0 aromatic carbocycles. The number of nitrogens with zero attached hydrogens (tertiary/aromatic N) is 1. The van der Waals surface area contributed by atoms with Crippen LogP contribution in [-0.4, -0.2) is 23.4 Å². The van der Waals surface area contributed by atoms with E-state index in [-0.39, 0.29) is 5.91 Å². The number of nitrogens with two attached hydrogens (primary N) is 1. The summed E-state index contributed by atoms with van der Waals surface area (Å²) in [6.07, 6.45) is 2.48. The van der Waals surface area contributed by atoms with Crippen molar-refractivity contribution >= 4 is 5.91 Å². The minimum absolute atomic E-state index is 0.317. The van der Waals surface area contributed by atoms with E-state index < -0.39 is 0 Å². The number of amides is 1. The van der Waals surface area contributed by atoms with Crippen molar-refractivity contribution in [3.05, 3.63) is 23.2 Å². The van der Waals surface area contributed by atoms with Crippen LogP contribution in [0.4, 0.5) is 0 Å². The number of nitrogen functional groups attached to an aromatic ring is 1. The van der Waals surface area contributed by atoms with Gasteiger partial charge < -0.3 is 4.42 Å². The molecule has 5 heteroatoms. The number of hydrazine groups is 1. The number of aryl methyl sites for hydroxylation is 1. The highest BCUT2D eigenvalue weighted by molar-refractivity contribution is 5.92. The summed E-state index contributed by atoms with van der Waals surface area (Å²) in [5, 5.41) is 0. The van der Waals surface area contributed by atoms with E-state index in [0.29, 0.717) is 17.7 Å². The average Bonchev–Trinajstić information content (AvgIpc) is 2.95. The Balaban J connectivity index is 2.09. The van der Waals surface area contributed by atoms with Gasteiger partial charge in [-0.25, -0.2) is 5.84 Å². The Hall–Kier alpha value is -1.33. The molecule has 0 spiro atoms. The molecule has 1 aliphatic heterocycles. The molecule has 1 amide bonds. The van der Waals surface area contributed by atoms with Crippen LogP contribution in [0.5, 0.6) is 0 Å². The topological polar surface area (TPSA) is 71.5 Å². The lowest BCUT2D eigenvalue weighted by atomic mass is 10.0. The van der Waals surface area contributed by atoms with Gasteiger partial charge in [0.15, 0.2) is 5.76 Å². The number of furan rings is 1. The zero-order chi connectivity index (χ0) is 14.0. The standard InChI is InChI=1S/C14H23N3O2/c1-9(2)12-5-4-6-17(12)8-11-7-10(3)13(19-11)14(18)16-15/h7,9,12H,4-6,8,15H2,1-3H3,(H,16,18). The first-order chi connectivity index (χ1) is 9.02. The third kappa shape index (κ3) is 2.98. The molecule has 1 unspecified atom stereocenters. The Morgan fingerprint density at radius 2 is 2.37 bits per heavy atom. The fraction of sp³-hybridized carbons (Fsp3) is 0.643. The quantitative estimate of drug-likeness (QED) is 0.495. The maximum atomic E-state index is 11.5. The maximum Gasteiger partial charge on any atom is 0.301 e. The summed E-state index contributed by atoms with van der Waals surface area (Å²) < 4.78 is 5.62. The van der Waals surface area contributed by atoms with Gasteiger partial charge in [-0.1, -0.05) is 13.8 Å². The van der Waals surface area contributed by atoms with Crippen molar-refractivity contribution in [1.29, 1.82) is 0 Å². The minimum Gasteiger partial charge on any atom is -0.454 e. The molecular formula is C14H23N3O2. The number of likely N-dealkylation sites (tertiary alicyclic amines) is 1. The molecule has 1 aromatic heterocycles. The van der Waals surface area contributed by atoms with Gasteiger partial charge in [-0.3, -0.25) is 15.1 Å². The Morgan fingerprint density at radius 3 is 3.00 bits per heavy atom. The van der Waals surface area contributed by atoms with Gasteiger partial charge in [0.25, 0.3) is 0 Å². The van der Waals surface area contributed by atoms with E-state index >= 15 is 0 Å². The first-order valence-corrected chi connectivity index (χ1v) is 6.87. The minimum atomic E-state index is -0.370. The lowest BCUT2D eigenvalue weighted by molar-refractivity contribution is 0.0920. The molecule has 106 valence electrons. The van der Waals surface area contributed by atoms with Crippen molar-refractivity contribution in [1.82, 2.24) is 10.3 Å². The molecule has 1 atom stereocenters. The Labute approximate surface area is 114 Å². The van der Waals surface area contributed by atoms with Crippen molar-refractivity contribution < 1.29 is 9.21 Å². The summed E-state index contributed by atoms with van der Waals surface area (Å²) in [5.74, 6) is 6.57. The highest BCUT2D eigenvalue weighted by atomic mass is 16.4. The van der Waals surface area contributed by atoms with Gasteiger partial charge in [0.05, 0.1) is 6.54 Å². The number of hydrogen-bond acceptors (Lipinski definition) is 4. The van der Waals surface area contributed by atoms with Crippen LogP contribution in [0.15, 0.2) is 10.5 Å². The Morgan fingerprint density at radius 1 is 1.63 bits per heavy atom. The zero-order valence-electron chi connectivity index (χ0n) is 11.9. The zero-order valence-corrected chi connectivity index (χ0v) is 11.9. The molecule has 0 radical (unpaired) electrons. The van der Waals surface area contributed by atoms with Crippen LogP contribution in [0, 0.1) is 12.8 Å². The molecule has 5 nitrogen and oxygen atoms in total. The van der Waals surface area contributed by atoms with Crippen LogP contribution >= 0.6 is 0 Å². The van der Waals surface area contributed by atoms with E-state index in [0.717, 1.165) is 24.4 Å². The van der Waals surface area contributed by atoms with Crippen LogP contribution in [0.3, 0.4) is 0 Å². The smallest absolute Gasteiger partial charge is 0.301 e. The second kappa shape index (κ2) is 5.75. The van der Waals surface area contributed by atoms with Crippen molar-refractivity contribution in [2.45, 2.75) is 46.2 Å². The Bertz CT molecular complexity index is 454. The molecule has 1 aromatic rings. The number of carbonyl (C=O) groups excluding carboxylic acids is 1. The van der Waals surface area contributed by atoms with E-state index in [1.54, 1.807) is 0 Å². The van der Waals surface area contributed by atoms with Gasteiger partial charge in [0.2, 0.25) is 0 Å². The normalized spacial score (nSPS) is 20.2. The third-order valence-corrected chi connectivity index (χ3v) is 3.85. The maximum absolute atomic E-state index is 11.5. The van der Waals surface area contributed by atoms with Crippen molar-refractivity contribution in [2.24, 2.45) is 11.8 Å². The molecule has 0 aliphatic carbocycles. The summed E-state index contributed by atoms with van der Waals surface area (Å²) >= 11 is 0. The van der Waals surface area contributed by atoms with Crippen LogP contribution in [-0.2, 0) is 6.54 Å². The number of hydrogen-bond donors (Lipinski definition) is 2. The molecule has 1 fully saturated rings. The fourth-order valence-corrected chi connectivity index (χ4v) is 2.92. The number of carbonyl (C=O) groups is 1. The molecule has 2 heterocycles. The van der Waals surface area contributed by atoms with Gasteiger partial charge in [0, 0.05) is 11.6 Å². The largest absolute Gasteiger partial charge is 0.454 e. The first kappa shape index (κ1) is 14.1. The van der Waals surface area contributed by atoms with E-state index in [1.807, 2.05) is 13.0 Å². The molecular weight excluding hydrogens is 242 g/mol. The lowest BCUT2D eigenvalue weighted by Gasteiger charge is -2.26. The van der Waals surface area contributed by atoms with Gasteiger partial charge in [-0.2, -0.15) is 0 Å². The first-order valence-electron chi connectivity index (χ1n) is 6.87. The lowest BCUT2D eigenvalue weighted by Crippen LogP contribution is -2.32. The van der Waals surface area contributed by atoms with Gasteiger partial charge in [-0.15, -0.1) is 0 Å². The second-order valence-electron chi connectivity index (χ2n) is 5.62. The molecule has 0 saturated carbocycles. The monoisotopic (exact) mass is 265 g/mol. The van der Waals surface area contributed by atoms with E-state index in [2.05, 4.69) is 24.2 Å². The number of nitrogens with one attached hydrogen (secondary N) is 1. The predicted molar refractivity (Wildman–Crippen MR) is 73.4 cm³/mol. The van der Waals surface area contributed by atoms with Gasteiger partial charge in [0.1, 0.15) is 5.76 Å². The molecule has 1 saturated heterocycles. The summed E-state index contributed by atoms with van der Waals surface area (Å²) in [4.78, 5) is 14.0. The SMILES string of the molecule is Cc1cc(CN2CCCC2C(C)C)oc1C(=O)NN.